The largest absolute Gasteiger partial charge is 0.316 e. The van der Waals surface area contributed by atoms with Gasteiger partial charge < -0.3 is 5.32 Å². The van der Waals surface area contributed by atoms with Crippen molar-refractivity contribution in [3.8, 4) is 0 Å². The topological polar surface area (TPSA) is 15.3 Å². The smallest absolute Gasteiger partial charge is 0.0233 e. The first kappa shape index (κ1) is 13.6. The Balaban J connectivity index is 1.89. The lowest BCUT2D eigenvalue weighted by Gasteiger charge is -2.35. The molecule has 1 N–H and O–H groups in total. The normalized spacial score (nSPS) is 25.3. The number of rotatable bonds is 4. The van der Waals surface area contributed by atoms with Crippen LogP contribution in [0.15, 0.2) is 24.3 Å². The molecule has 18 heavy (non-hydrogen) atoms. The van der Waals surface area contributed by atoms with Crippen LogP contribution in [0.25, 0.3) is 0 Å². The number of nitrogens with zero attached hydrogens (tertiary/aromatic N) is 1. The monoisotopic (exact) mass is 246 g/mol. The lowest BCUT2D eigenvalue weighted by Crippen LogP contribution is -2.37. The summed E-state index contributed by atoms with van der Waals surface area (Å²) < 4.78 is 0. The number of nitrogens with one attached hydrogen (secondary N) is 1. The quantitative estimate of drug-likeness (QED) is 0.879. The van der Waals surface area contributed by atoms with Crippen LogP contribution in [0.4, 0.5) is 0 Å². The van der Waals surface area contributed by atoms with Gasteiger partial charge in [-0.05, 0) is 43.0 Å². The highest BCUT2D eigenvalue weighted by atomic mass is 15.1. The van der Waals surface area contributed by atoms with Crippen molar-refractivity contribution in [3.63, 3.8) is 0 Å². The van der Waals surface area contributed by atoms with Crippen LogP contribution in [-0.4, -0.2) is 25.0 Å². The maximum Gasteiger partial charge on any atom is 0.0233 e. The molecule has 0 spiro atoms. The molecule has 0 bridgehead atoms. The molecule has 2 unspecified atom stereocenters. The van der Waals surface area contributed by atoms with Crippen molar-refractivity contribution in [1.29, 1.82) is 0 Å². The zero-order valence-electron chi connectivity index (χ0n) is 11.9. The van der Waals surface area contributed by atoms with E-state index in [-0.39, 0.29) is 0 Å². The standard InChI is InChI=1S/C16H26N2/c1-13-8-9-18(11-14(13)2)12-16-6-4-15(5-7-16)10-17-3/h4-7,13-14,17H,8-12H2,1-3H3. The van der Waals surface area contributed by atoms with E-state index in [1.807, 2.05) is 7.05 Å². The van der Waals surface area contributed by atoms with Crippen molar-refractivity contribution in [3.05, 3.63) is 35.4 Å². The van der Waals surface area contributed by atoms with Crippen LogP contribution in [0.3, 0.4) is 0 Å². The summed E-state index contributed by atoms with van der Waals surface area (Å²) in [5.41, 5.74) is 2.80. The molecule has 2 nitrogen and oxygen atoms in total. The van der Waals surface area contributed by atoms with Crippen LogP contribution >= 0.6 is 0 Å². The van der Waals surface area contributed by atoms with E-state index in [1.165, 1.54) is 30.6 Å². The predicted molar refractivity (Wildman–Crippen MR) is 77.4 cm³/mol. The summed E-state index contributed by atoms with van der Waals surface area (Å²) in [4.78, 5) is 2.59. The highest BCUT2D eigenvalue weighted by Gasteiger charge is 2.22. The van der Waals surface area contributed by atoms with E-state index in [4.69, 9.17) is 0 Å². The van der Waals surface area contributed by atoms with Gasteiger partial charge in [0.1, 0.15) is 0 Å². The van der Waals surface area contributed by atoms with Gasteiger partial charge in [-0.25, -0.2) is 0 Å². The second-order valence-corrected chi connectivity index (χ2v) is 5.83. The molecule has 1 aromatic rings. The predicted octanol–water partition coefficient (Wildman–Crippen LogP) is 2.88. The van der Waals surface area contributed by atoms with Crippen molar-refractivity contribution in [2.24, 2.45) is 11.8 Å². The van der Waals surface area contributed by atoms with Gasteiger partial charge in [0.2, 0.25) is 0 Å². The molecule has 2 atom stereocenters. The van der Waals surface area contributed by atoms with Crippen molar-refractivity contribution in [2.45, 2.75) is 33.4 Å². The minimum Gasteiger partial charge on any atom is -0.316 e. The Morgan fingerprint density at radius 1 is 1.11 bits per heavy atom. The lowest BCUT2D eigenvalue weighted by molar-refractivity contribution is 0.132. The number of benzene rings is 1. The second-order valence-electron chi connectivity index (χ2n) is 5.83. The van der Waals surface area contributed by atoms with Gasteiger partial charge in [0.05, 0.1) is 0 Å². The molecule has 0 amide bonds. The zero-order valence-corrected chi connectivity index (χ0v) is 11.9. The van der Waals surface area contributed by atoms with Crippen LogP contribution in [-0.2, 0) is 13.1 Å². The Hall–Kier alpha value is -0.860. The number of hydrogen-bond donors (Lipinski definition) is 1. The summed E-state index contributed by atoms with van der Waals surface area (Å²) in [7, 11) is 1.99. The summed E-state index contributed by atoms with van der Waals surface area (Å²) in [5.74, 6) is 1.72. The molecule has 0 aromatic heterocycles. The van der Waals surface area contributed by atoms with Gasteiger partial charge >= 0.3 is 0 Å². The van der Waals surface area contributed by atoms with Gasteiger partial charge in [-0.15, -0.1) is 0 Å². The lowest BCUT2D eigenvalue weighted by atomic mass is 9.88. The molecule has 2 heteroatoms. The fraction of sp³-hybridized carbons (Fsp3) is 0.625. The van der Waals surface area contributed by atoms with E-state index in [9.17, 15) is 0 Å². The first-order valence-electron chi connectivity index (χ1n) is 7.14. The van der Waals surface area contributed by atoms with Gasteiger partial charge in [0, 0.05) is 19.6 Å². The van der Waals surface area contributed by atoms with Crippen LogP contribution in [0.1, 0.15) is 31.4 Å². The van der Waals surface area contributed by atoms with Crippen LogP contribution in [0.2, 0.25) is 0 Å². The fourth-order valence-electron chi connectivity index (χ4n) is 2.72. The average molecular weight is 246 g/mol. The van der Waals surface area contributed by atoms with E-state index in [0.717, 1.165) is 24.9 Å². The molecular weight excluding hydrogens is 220 g/mol. The summed E-state index contributed by atoms with van der Waals surface area (Å²) in [5, 5.41) is 3.19. The van der Waals surface area contributed by atoms with E-state index in [1.54, 1.807) is 0 Å². The van der Waals surface area contributed by atoms with Crippen molar-refractivity contribution in [1.82, 2.24) is 10.2 Å². The molecule has 0 saturated carbocycles. The second kappa shape index (κ2) is 6.35. The van der Waals surface area contributed by atoms with E-state index in [0.29, 0.717) is 0 Å². The minimum absolute atomic E-state index is 0.835. The molecule has 1 saturated heterocycles. The highest BCUT2D eigenvalue weighted by Crippen LogP contribution is 2.23. The molecule has 1 aromatic carbocycles. The van der Waals surface area contributed by atoms with Crippen molar-refractivity contribution in [2.75, 3.05) is 20.1 Å². The molecule has 1 fully saturated rings. The summed E-state index contributed by atoms with van der Waals surface area (Å²) in [6, 6.07) is 9.02. The van der Waals surface area contributed by atoms with Crippen LogP contribution < -0.4 is 5.32 Å². The summed E-state index contributed by atoms with van der Waals surface area (Å²) >= 11 is 0. The molecular formula is C16H26N2. The Labute approximate surface area is 111 Å². The third-order valence-corrected chi connectivity index (χ3v) is 4.23. The Kier molecular flexibility index (Phi) is 4.79. The van der Waals surface area contributed by atoms with Gasteiger partial charge in [-0.1, -0.05) is 38.1 Å². The number of hydrogen-bond acceptors (Lipinski definition) is 2. The first-order chi connectivity index (χ1) is 8.69. The van der Waals surface area contributed by atoms with Crippen molar-refractivity contribution < 1.29 is 0 Å². The number of likely N-dealkylation sites (tertiary alicyclic amines) is 1. The molecule has 1 aliphatic rings. The Bertz CT molecular complexity index is 358. The molecule has 2 rings (SSSR count). The summed E-state index contributed by atoms with van der Waals surface area (Å²) in [6.45, 7) is 9.33. The van der Waals surface area contributed by atoms with Crippen LogP contribution in [0.5, 0.6) is 0 Å². The molecule has 100 valence electrons. The first-order valence-corrected chi connectivity index (χ1v) is 7.14. The fourth-order valence-corrected chi connectivity index (χ4v) is 2.72. The van der Waals surface area contributed by atoms with Gasteiger partial charge in [0.15, 0.2) is 0 Å². The van der Waals surface area contributed by atoms with E-state index in [2.05, 4.69) is 48.3 Å². The molecule has 0 aliphatic carbocycles. The van der Waals surface area contributed by atoms with Gasteiger partial charge in [-0.3, -0.25) is 4.90 Å². The molecule has 0 radical (unpaired) electrons. The highest BCUT2D eigenvalue weighted by molar-refractivity contribution is 5.22. The van der Waals surface area contributed by atoms with Crippen LogP contribution in [0, 0.1) is 11.8 Å². The van der Waals surface area contributed by atoms with E-state index >= 15 is 0 Å². The summed E-state index contributed by atoms with van der Waals surface area (Å²) in [6.07, 6.45) is 1.35. The molecule has 1 heterocycles. The SMILES string of the molecule is CNCc1ccc(CN2CCC(C)C(C)C2)cc1. The maximum atomic E-state index is 3.19. The third kappa shape index (κ3) is 3.56. The average Bonchev–Trinajstić information content (AvgIpc) is 2.37. The Morgan fingerprint density at radius 2 is 1.78 bits per heavy atom. The maximum absolute atomic E-state index is 3.19. The zero-order chi connectivity index (χ0) is 13.0. The van der Waals surface area contributed by atoms with E-state index < -0.39 is 0 Å². The van der Waals surface area contributed by atoms with Crippen molar-refractivity contribution >= 4 is 0 Å². The molecule has 1 aliphatic heterocycles. The Morgan fingerprint density at radius 3 is 2.39 bits per heavy atom. The van der Waals surface area contributed by atoms with Gasteiger partial charge in [-0.2, -0.15) is 0 Å². The number of piperidine rings is 1. The minimum atomic E-state index is 0.835. The van der Waals surface area contributed by atoms with Gasteiger partial charge in [0.25, 0.3) is 0 Å². The third-order valence-electron chi connectivity index (χ3n) is 4.23.